The topological polar surface area (TPSA) is 66.5 Å². The van der Waals surface area contributed by atoms with Crippen LogP contribution in [0, 0.1) is 13.8 Å². The molecule has 3 rings (SSSR count). The second-order valence-electron chi connectivity index (χ2n) is 6.17. The molecule has 0 aromatic heterocycles. The Hall–Kier alpha value is -2.16. The summed E-state index contributed by atoms with van der Waals surface area (Å²) < 4.78 is 0. The van der Waals surface area contributed by atoms with Crippen LogP contribution < -0.4 is 5.73 Å². The number of phenols is 2. The zero-order valence-electron chi connectivity index (χ0n) is 12.2. The minimum absolute atomic E-state index is 0.124. The predicted molar refractivity (Wildman–Crippen MR) is 81.2 cm³/mol. The molecule has 2 aromatic rings. The van der Waals surface area contributed by atoms with Gasteiger partial charge in [0, 0.05) is 22.7 Å². The Labute approximate surface area is 118 Å². The van der Waals surface area contributed by atoms with E-state index in [1.54, 1.807) is 0 Å². The largest absolute Gasteiger partial charge is 0.508 e. The Morgan fingerprint density at radius 2 is 1.65 bits per heavy atom. The molecule has 0 saturated heterocycles. The summed E-state index contributed by atoms with van der Waals surface area (Å²) in [6.45, 7) is 8.04. The SMILES string of the molecule is Cc1cc2c(cc1N)C(C)(C)c1c(C)c(O)cc(O)c1-2. The molecule has 0 atom stereocenters. The third-order valence-electron chi connectivity index (χ3n) is 4.51. The molecule has 1 aliphatic rings. The van der Waals surface area contributed by atoms with Gasteiger partial charge >= 0.3 is 0 Å². The lowest BCUT2D eigenvalue weighted by molar-refractivity contribution is 0.446. The summed E-state index contributed by atoms with van der Waals surface area (Å²) in [5, 5.41) is 20.3. The molecule has 3 heteroatoms. The van der Waals surface area contributed by atoms with E-state index in [9.17, 15) is 10.2 Å². The van der Waals surface area contributed by atoms with Gasteiger partial charge in [0.25, 0.3) is 0 Å². The zero-order valence-corrected chi connectivity index (χ0v) is 12.2. The third-order valence-corrected chi connectivity index (χ3v) is 4.51. The van der Waals surface area contributed by atoms with E-state index in [0.29, 0.717) is 0 Å². The van der Waals surface area contributed by atoms with Crippen molar-refractivity contribution >= 4 is 5.69 Å². The van der Waals surface area contributed by atoms with E-state index in [0.717, 1.165) is 39.1 Å². The fourth-order valence-electron chi connectivity index (χ4n) is 3.39. The van der Waals surface area contributed by atoms with Gasteiger partial charge in [0.05, 0.1) is 0 Å². The summed E-state index contributed by atoms with van der Waals surface area (Å²) in [7, 11) is 0. The van der Waals surface area contributed by atoms with Crippen LogP contribution in [0.4, 0.5) is 5.69 Å². The highest BCUT2D eigenvalue weighted by Gasteiger charge is 2.39. The van der Waals surface area contributed by atoms with Crippen LogP contribution in [-0.2, 0) is 5.41 Å². The predicted octanol–water partition coefficient (Wildman–Crippen LogP) is 3.60. The molecule has 0 spiro atoms. The van der Waals surface area contributed by atoms with Gasteiger partial charge < -0.3 is 15.9 Å². The number of aryl methyl sites for hydroxylation is 1. The van der Waals surface area contributed by atoms with Crippen molar-refractivity contribution in [3.05, 3.63) is 40.5 Å². The fraction of sp³-hybridized carbons (Fsp3) is 0.294. The van der Waals surface area contributed by atoms with Crippen molar-refractivity contribution in [3.8, 4) is 22.6 Å². The van der Waals surface area contributed by atoms with E-state index in [1.165, 1.54) is 6.07 Å². The molecule has 104 valence electrons. The molecule has 0 unspecified atom stereocenters. The second-order valence-corrected chi connectivity index (χ2v) is 6.17. The van der Waals surface area contributed by atoms with Crippen molar-refractivity contribution < 1.29 is 10.2 Å². The smallest absolute Gasteiger partial charge is 0.127 e. The lowest BCUT2D eigenvalue weighted by Crippen LogP contribution is -2.17. The van der Waals surface area contributed by atoms with Gasteiger partial charge in [0.1, 0.15) is 11.5 Å². The Balaban J connectivity index is 2.49. The molecule has 2 aromatic carbocycles. The van der Waals surface area contributed by atoms with Crippen molar-refractivity contribution in [1.29, 1.82) is 0 Å². The van der Waals surface area contributed by atoms with E-state index in [2.05, 4.69) is 13.8 Å². The fourth-order valence-corrected chi connectivity index (χ4v) is 3.39. The van der Waals surface area contributed by atoms with E-state index < -0.39 is 0 Å². The van der Waals surface area contributed by atoms with Crippen molar-refractivity contribution in [3.63, 3.8) is 0 Å². The first-order chi connectivity index (χ1) is 9.25. The summed E-state index contributed by atoms with van der Waals surface area (Å²) in [6, 6.07) is 5.43. The molecule has 3 nitrogen and oxygen atoms in total. The molecule has 0 heterocycles. The van der Waals surface area contributed by atoms with E-state index in [-0.39, 0.29) is 16.9 Å². The number of nitrogen functional groups attached to an aromatic ring is 1. The average molecular weight is 269 g/mol. The number of hydrogen-bond donors (Lipinski definition) is 3. The van der Waals surface area contributed by atoms with Gasteiger partial charge in [-0.15, -0.1) is 0 Å². The highest BCUT2D eigenvalue weighted by Crippen LogP contribution is 2.55. The number of rotatable bonds is 0. The molecule has 0 amide bonds. The summed E-state index contributed by atoms with van der Waals surface area (Å²) in [6.07, 6.45) is 0. The van der Waals surface area contributed by atoms with Crippen LogP contribution in [0.1, 0.15) is 36.1 Å². The Kier molecular flexibility index (Phi) is 2.37. The summed E-state index contributed by atoms with van der Waals surface area (Å²) in [5.74, 6) is 0.255. The monoisotopic (exact) mass is 269 g/mol. The van der Waals surface area contributed by atoms with Crippen LogP contribution in [0.5, 0.6) is 11.5 Å². The van der Waals surface area contributed by atoms with Gasteiger partial charge in [-0.05, 0) is 53.8 Å². The maximum absolute atomic E-state index is 10.3. The molecular weight excluding hydrogens is 250 g/mol. The number of fused-ring (bicyclic) bond motifs is 3. The first-order valence-electron chi connectivity index (χ1n) is 6.72. The van der Waals surface area contributed by atoms with E-state index in [1.807, 2.05) is 26.0 Å². The molecule has 1 aliphatic carbocycles. The maximum Gasteiger partial charge on any atom is 0.127 e. The van der Waals surface area contributed by atoms with Crippen LogP contribution in [0.15, 0.2) is 18.2 Å². The van der Waals surface area contributed by atoms with Crippen molar-refractivity contribution in [1.82, 2.24) is 0 Å². The number of benzene rings is 2. The van der Waals surface area contributed by atoms with Crippen LogP contribution >= 0.6 is 0 Å². The maximum atomic E-state index is 10.3. The number of nitrogens with two attached hydrogens (primary N) is 1. The van der Waals surface area contributed by atoms with Crippen LogP contribution in [0.3, 0.4) is 0 Å². The zero-order chi connectivity index (χ0) is 14.8. The normalized spacial score (nSPS) is 15.0. The first-order valence-corrected chi connectivity index (χ1v) is 6.72. The molecule has 0 saturated carbocycles. The summed E-state index contributed by atoms with van der Waals surface area (Å²) >= 11 is 0. The van der Waals surface area contributed by atoms with E-state index >= 15 is 0 Å². The lowest BCUT2D eigenvalue weighted by Gasteiger charge is -2.24. The Morgan fingerprint density at radius 1 is 1.00 bits per heavy atom. The molecule has 0 bridgehead atoms. The quantitative estimate of drug-likeness (QED) is 0.640. The van der Waals surface area contributed by atoms with Gasteiger partial charge in [-0.1, -0.05) is 13.8 Å². The molecule has 0 radical (unpaired) electrons. The van der Waals surface area contributed by atoms with Crippen molar-refractivity contribution in [2.24, 2.45) is 0 Å². The number of anilines is 1. The number of phenolic OH excluding ortho intramolecular Hbond substituents is 2. The van der Waals surface area contributed by atoms with Crippen LogP contribution in [0.2, 0.25) is 0 Å². The second kappa shape index (κ2) is 3.69. The van der Waals surface area contributed by atoms with Crippen LogP contribution in [0.25, 0.3) is 11.1 Å². The molecular formula is C17H19NO2. The highest BCUT2D eigenvalue weighted by atomic mass is 16.3. The van der Waals surface area contributed by atoms with E-state index in [4.69, 9.17) is 5.73 Å². The van der Waals surface area contributed by atoms with Crippen LogP contribution in [-0.4, -0.2) is 10.2 Å². The summed E-state index contributed by atoms with van der Waals surface area (Å²) in [5.41, 5.74) is 12.2. The number of aromatic hydroxyl groups is 2. The Morgan fingerprint density at radius 3 is 2.30 bits per heavy atom. The summed E-state index contributed by atoms with van der Waals surface area (Å²) in [4.78, 5) is 0. The average Bonchev–Trinajstić information content (AvgIpc) is 2.57. The highest BCUT2D eigenvalue weighted by molar-refractivity contribution is 5.88. The molecule has 0 fully saturated rings. The van der Waals surface area contributed by atoms with Crippen molar-refractivity contribution in [2.45, 2.75) is 33.1 Å². The third kappa shape index (κ3) is 1.40. The van der Waals surface area contributed by atoms with Gasteiger partial charge in [0.2, 0.25) is 0 Å². The molecule has 0 aliphatic heterocycles. The Bertz CT molecular complexity index is 745. The minimum Gasteiger partial charge on any atom is -0.508 e. The number of hydrogen-bond acceptors (Lipinski definition) is 3. The molecule has 4 N–H and O–H groups in total. The minimum atomic E-state index is -0.285. The van der Waals surface area contributed by atoms with Gasteiger partial charge in [0.15, 0.2) is 0 Å². The first kappa shape index (κ1) is 12.9. The molecule has 20 heavy (non-hydrogen) atoms. The van der Waals surface area contributed by atoms with Gasteiger partial charge in [-0.2, -0.15) is 0 Å². The standard InChI is InChI=1S/C17H19NO2/c1-8-5-10-11(6-12(8)18)17(3,4)16-9(2)13(19)7-14(20)15(10)16/h5-7,19-20H,18H2,1-4H3. The lowest BCUT2D eigenvalue weighted by atomic mass is 9.80. The van der Waals surface area contributed by atoms with Gasteiger partial charge in [-0.25, -0.2) is 0 Å². The van der Waals surface area contributed by atoms with Crippen molar-refractivity contribution in [2.75, 3.05) is 5.73 Å². The van der Waals surface area contributed by atoms with Gasteiger partial charge in [-0.3, -0.25) is 0 Å².